The van der Waals surface area contributed by atoms with Crippen molar-refractivity contribution >= 4 is 83.9 Å². The molecule has 0 fully saturated rings. The molecule has 1 N–H and O–H groups in total. The molecule has 0 unspecified atom stereocenters. The predicted molar refractivity (Wildman–Crippen MR) is 112 cm³/mol. The molecule has 0 atom stereocenters. The van der Waals surface area contributed by atoms with Crippen LogP contribution in [-0.2, 0) is 10.1 Å². The third-order valence-electron chi connectivity index (χ3n) is 2.84. The number of methoxy groups -OCH3 is 1. The molecule has 0 aliphatic carbocycles. The average molecular weight is 686 g/mol. The molecule has 0 heterocycles. The minimum atomic E-state index is -4.45. The van der Waals surface area contributed by atoms with Crippen molar-refractivity contribution in [3.8, 4) is 11.5 Å². The van der Waals surface area contributed by atoms with Crippen LogP contribution < -0.4 is 9.47 Å². The summed E-state index contributed by atoms with van der Waals surface area (Å²) in [6.07, 6.45) is 0. The lowest BCUT2D eigenvalue weighted by molar-refractivity contribution is 0.0730. The first-order valence-corrected chi connectivity index (χ1v) is 10.8. The van der Waals surface area contributed by atoms with Crippen LogP contribution in [0.2, 0.25) is 0 Å². The van der Waals surface area contributed by atoms with Crippen molar-refractivity contribution in [1.29, 1.82) is 0 Å². The number of hydrogen-bond acceptors (Lipinski definition) is 5. The fraction of sp³-hybridized carbons (Fsp3) is 0.0714. The van der Waals surface area contributed by atoms with E-state index >= 15 is 0 Å². The summed E-state index contributed by atoms with van der Waals surface area (Å²) in [5.74, 6) is -0.309. The number of carbonyl (C=O) groups excluding carboxylic acids is 1. The van der Waals surface area contributed by atoms with Crippen LogP contribution in [0, 0.1) is 10.7 Å². The first-order chi connectivity index (χ1) is 11.1. The molecule has 0 saturated heterocycles. The van der Waals surface area contributed by atoms with Crippen molar-refractivity contribution in [3.05, 3.63) is 46.6 Å². The number of benzene rings is 2. The van der Waals surface area contributed by atoms with Crippen molar-refractivity contribution in [1.82, 2.24) is 0 Å². The summed E-state index contributed by atoms with van der Waals surface area (Å²) in [6, 6.07) is 8.17. The van der Waals surface area contributed by atoms with Gasteiger partial charge in [0, 0.05) is 7.14 Å². The molecule has 0 amide bonds. The Kier molecular flexibility index (Phi) is 6.72. The lowest BCUT2D eigenvalue weighted by Crippen LogP contribution is -2.14. The maximum atomic E-state index is 12.4. The third kappa shape index (κ3) is 4.50. The Morgan fingerprint density at radius 2 is 1.71 bits per heavy atom. The van der Waals surface area contributed by atoms with Gasteiger partial charge in [-0.15, -0.1) is 0 Å². The third-order valence-corrected chi connectivity index (χ3v) is 7.11. The van der Waals surface area contributed by atoms with Gasteiger partial charge in [-0.05, 0) is 98.1 Å². The fourth-order valence-corrected chi connectivity index (χ4v) is 6.39. The molecule has 0 aliphatic rings. The van der Waals surface area contributed by atoms with Gasteiger partial charge in [0.2, 0.25) is 0 Å². The molecule has 2 rings (SSSR count). The Morgan fingerprint density at radius 1 is 1.12 bits per heavy atom. The highest BCUT2D eigenvalue weighted by molar-refractivity contribution is 14.1. The molecule has 6 nitrogen and oxygen atoms in total. The molecular formula is C14H9I3O6S. The van der Waals surface area contributed by atoms with E-state index < -0.39 is 16.1 Å². The number of ether oxygens (including phenoxy) is 2. The zero-order valence-electron chi connectivity index (χ0n) is 11.9. The molecule has 0 bridgehead atoms. The molecule has 0 spiro atoms. The van der Waals surface area contributed by atoms with Crippen LogP contribution in [-0.4, -0.2) is 26.0 Å². The zero-order valence-corrected chi connectivity index (χ0v) is 19.2. The van der Waals surface area contributed by atoms with Crippen molar-refractivity contribution in [2.24, 2.45) is 0 Å². The van der Waals surface area contributed by atoms with Crippen LogP contribution in [0.4, 0.5) is 0 Å². The van der Waals surface area contributed by atoms with Crippen LogP contribution in [0.3, 0.4) is 0 Å². The second-order valence-electron chi connectivity index (χ2n) is 4.40. The summed E-state index contributed by atoms with van der Waals surface area (Å²) >= 11 is 5.57. The highest BCUT2D eigenvalue weighted by Crippen LogP contribution is 2.35. The molecule has 0 radical (unpaired) electrons. The van der Waals surface area contributed by atoms with Gasteiger partial charge in [-0.3, -0.25) is 4.55 Å². The summed E-state index contributed by atoms with van der Waals surface area (Å²) in [6.45, 7) is 0. The van der Waals surface area contributed by atoms with E-state index in [0.717, 1.165) is 3.57 Å². The Morgan fingerprint density at radius 3 is 2.21 bits per heavy atom. The Hall–Kier alpha value is -0.190. The van der Waals surface area contributed by atoms with Gasteiger partial charge in [-0.25, -0.2) is 4.79 Å². The minimum Gasteiger partial charge on any atom is -0.495 e. The Balaban J connectivity index is 2.50. The second kappa shape index (κ2) is 8.01. The van der Waals surface area contributed by atoms with Crippen LogP contribution in [0.25, 0.3) is 0 Å². The molecule has 2 aromatic carbocycles. The molecule has 0 saturated carbocycles. The quantitative estimate of drug-likeness (QED) is 0.227. The second-order valence-corrected chi connectivity index (χ2v) is 9.25. The average Bonchev–Trinajstić information content (AvgIpc) is 2.47. The SMILES string of the molecule is COc1c(C(=O)Oc2ccc(I)cc2)cc(I)c(S(=O)(=O)O)c1I. The van der Waals surface area contributed by atoms with Crippen LogP contribution >= 0.6 is 67.8 Å². The topological polar surface area (TPSA) is 89.9 Å². The molecule has 24 heavy (non-hydrogen) atoms. The number of carbonyl (C=O) groups is 1. The van der Waals surface area contributed by atoms with Gasteiger partial charge in [0.1, 0.15) is 22.0 Å². The highest BCUT2D eigenvalue weighted by atomic mass is 127. The van der Waals surface area contributed by atoms with Crippen LogP contribution in [0.1, 0.15) is 10.4 Å². The van der Waals surface area contributed by atoms with Gasteiger partial charge >= 0.3 is 5.97 Å². The smallest absolute Gasteiger partial charge is 0.347 e. The van der Waals surface area contributed by atoms with Crippen molar-refractivity contribution in [3.63, 3.8) is 0 Å². The summed E-state index contributed by atoms with van der Waals surface area (Å²) in [5, 5.41) is 0. The van der Waals surface area contributed by atoms with Crippen molar-refractivity contribution in [2.75, 3.05) is 7.11 Å². The van der Waals surface area contributed by atoms with E-state index in [4.69, 9.17) is 9.47 Å². The number of hydrogen-bond donors (Lipinski definition) is 1. The lowest BCUT2D eigenvalue weighted by atomic mass is 10.2. The van der Waals surface area contributed by atoms with E-state index in [1.165, 1.54) is 13.2 Å². The van der Waals surface area contributed by atoms with E-state index in [2.05, 4.69) is 22.6 Å². The minimum absolute atomic E-state index is 0.0270. The lowest BCUT2D eigenvalue weighted by Gasteiger charge is -2.14. The van der Waals surface area contributed by atoms with Gasteiger partial charge in [-0.1, -0.05) is 0 Å². The first kappa shape index (κ1) is 20.1. The normalized spacial score (nSPS) is 11.2. The monoisotopic (exact) mass is 686 g/mol. The van der Waals surface area contributed by atoms with Crippen molar-refractivity contribution < 1.29 is 27.2 Å². The van der Waals surface area contributed by atoms with Crippen LogP contribution in [0.15, 0.2) is 35.2 Å². The van der Waals surface area contributed by atoms with Gasteiger partial charge in [0.15, 0.2) is 0 Å². The highest BCUT2D eigenvalue weighted by Gasteiger charge is 2.27. The van der Waals surface area contributed by atoms with E-state index in [1.54, 1.807) is 69.4 Å². The fourth-order valence-electron chi connectivity index (χ4n) is 1.84. The van der Waals surface area contributed by atoms with E-state index in [0.29, 0.717) is 5.75 Å². The Bertz CT molecular complexity index is 894. The van der Waals surface area contributed by atoms with Gasteiger partial charge in [-0.2, -0.15) is 8.42 Å². The number of esters is 1. The van der Waals surface area contributed by atoms with Gasteiger partial charge < -0.3 is 9.47 Å². The van der Waals surface area contributed by atoms with Crippen LogP contribution in [0.5, 0.6) is 11.5 Å². The first-order valence-electron chi connectivity index (χ1n) is 6.16. The number of rotatable bonds is 4. The standard InChI is InChI=1S/C14H9I3O6S/c1-22-12-9(6-10(16)13(11(12)17)24(19,20)21)14(18)23-8-4-2-7(15)3-5-8/h2-6H,1H3,(H,19,20,21). The maximum Gasteiger partial charge on any atom is 0.347 e. The zero-order chi connectivity index (χ0) is 18.1. The van der Waals surface area contributed by atoms with E-state index in [1.807, 2.05) is 0 Å². The maximum absolute atomic E-state index is 12.4. The van der Waals surface area contributed by atoms with Gasteiger partial charge in [0.25, 0.3) is 10.1 Å². The molecular weight excluding hydrogens is 677 g/mol. The Labute approximate surface area is 179 Å². The summed E-state index contributed by atoms with van der Waals surface area (Å²) in [7, 11) is -3.15. The molecule has 2 aromatic rings. The molecule has 0 aromatic heterocycles. The summed E-state index contributed by atoms with van der Waals surface area (Å²) < 4.78 is 44.1. The van der Waals surface area contributed by atoms with E-state index in [-0.39, 0.29) is 23.3 Å². The predicted octanol–water partition coefficient (Wildman–Crippen LogP) is 3.97. The number of halogens is 3. The van der Waals surface area contributed by atoms with E-state index in [9.17, 15) is 17.8 Å². The summed E-state index contributed by atoms with van der Waals surface area (Å²) in [5.41, 5.74) is 0.0669. The largest absolute Gasteiger partial charge is 0.495 e. The summed E-state index contributed by atoms with van der Waals surface area (Å²) in [4.78, 5) is 12.1. The van der Waals surface area contributed by atoms with Gasteiger partial charge in [0.05, 0.1) is 10.7 Å². The molecule has 10 heteroatoms. The van der Waals surface area contributed by atoms with Crippen molar-refractivity contribution in [2.45, 2.75) is 4.90 Å². The molecule has 128 valence electrons. The molecule has 0 aliphatic heterocycles.